The van der Waals surface area contributed by atoms with E-state index in [0.29, 0.717) is 22.4 Å². The number of ether oxygens (including phenoxy) is 1. The van der Waals surface area contributed by atoms with E-state index in [2.05, 4.69) is 0 Å². The van der Waals surface area contributed by atoms with Gasteiger partial charge in [-0.3, -0.25) is 4.79 Å². The van der Waals surface area contributed by atoms with Gasteiger partial charge in [0.2, 0.25) is 0 Å². The van der Waals surface area contributed by atoms with Crippen LogP contribution in [-0.4, -0.2) is 18.2 Å². The van der Waals surface area contributed by atoms with Gasteiger partial charge in [-0.05, 0) is 23.3 Å². The summed E-state index contributed by atoms with van der Waals surface area (Å²) in [5.74, 6) is -1.01. The van der Waals surface area contributed by atoms with Crippen LogP contribution in [0.5, 0.6) is 5.75 Å². The van der Waals surface area contributed by atoms with Crippen LogP contribution in [0.3, 0.4) is 0 Å². The van der Waals surface area contributed by atoms with Gasteiger partial charge in [-0.15, -0.1) is 0 Å². The van der Waals surface area contributed by atoms with Crippen LogP contribution in [0.25, 0.3) is 11.1 Å². The van der Waals surface area contributed by atoms with Crippen molar-refractivity contribution in [3.63, 3.8) is 0 Å². The Hall–Kier alpha value is -2.36. The fourth-order valence-corrected chi connectivity index (χ4v) is 2.93. The zero-order chi connectivity index (χ0) is 14.3. The molecule has 0 saturated heterocycles. The number of aliphatic carboxylic acids is 1. The van der Waals surface area contributed by atoms with E-state index in [-0.39, 0.29) is 18.2 Å². The van der Waals surface area contributed by atoms with E-state index in [9.17, 15) is 9.18 Å². The number of halogens is 1. The van der Waals surface area contributed by atoms with E-state index < -0.39 is 5.97 Å². The summed E-state index contributed by atoms with van der Waals surface area (Å²) in [6.07, 6.45) is -0.0589. The number of carbonyl (C=O) groups is 1. The Morgan fingerprint density at radius 3 is 2.50 bits per heavy atom. The van der Waals surface area contributed by atoms with Crippen LogP contribution >= 0.6 is 0 Å². The van der Waals surface area contributed by atoms with E-state index in [0.717, 1.165) is 5.56 Å². The number of hydrogen-bond acceptors (Lipinski definition) is 2. The minimum atomic E-state index is -0.902. The van der Waals surface area contributed by atoms with Gasteiger partial charge in [0.25, 0.3) is 0 Å². The molecule has 2 aromatic carbocycles. The summed E-state index contributed by atoms with van der Waals surface area (Å²) in [5, 5.41) is 9.10. The normalized spacial score (nSPS) is 15.6. The quantitative estimate of drug-likeness (QED) is 0.931. The second-order valence-corrected chi connectivity index (χ2v) is 4.78. The third-order valence-electron chi connectivity index (χ3n) is 3.70. The summed E-state index contributed by atoms with van der Waals surface area (Å²) in [5.41, 5.74) is 2.67. The lowest BCUT2D eigenvalue weighted by atomic mass is 9.94. The Bertz CT molecular complexity index is 694. The first-order valence-electron chi connectivity index (χ1n) is 6.31. The van der Waals surface area contributed by atoms with Crippen LogP contribution in [0.1, 0.15) is 23.5 Å². The molecule has 0 heterocycles. The van der Waals surface area contributed by atoms with Gasteiger partial charge in [0.1, 0.15) is 11.6 Å². The molecule has 0 amide bonds. The van der Waals surface area contributed by atoms with Crippen molar-refractivity contribution in [1.82, 2.24) is 0 Å². The molecule has 0 aliphatic heterocycles. The van der Waals surface area contributed by atoms with Gasteiger partial charge in [-0.1, -0.05) is 24.3 Å². The Balaban J connectivity index is 2.30. The summed E-state index contributed by atoms with van der Waals surface area (Å²) < 4.78 is 19.5. The zero-order valence-corrected chi connectivity index (χ0v) is 10.9. The van der Waals surface area contributed by atoms with Crippen LogP contribution in [0.2, 0.25) is 0 Å². The van der Waals surface area contributed by atoms with E-state index in [1.54, 1.807) is 24.3 Å². The highest BCUT2D eigenvalue weighted by Crippen LogP contribution is 2.51. The number of fused-ring (bicyclic) bond motifs is 3. The molecular formula is C16H13FO3. The zero-order valence-electron chi connectivity index (χ0n) is 10.9. The predicted molar refractivity (Wildman–Crippen MR) is 72.5 cm³/mol. The van der Waals surface area contributed by atoms with Crippen LogP contribution < -0.4 is 4.74 Å². The lowest BCUT2D eigenvalue weighted by Gasteiger charge is -2.11. The molecule has 0 spiro atoms. The largest absolute Gasteiger partial charge is 0.496 e. The van der Waals surface area contributed by atoms with Crippen molar-refractivity contribution in [3.8, 4) is 16.9 Å². The second-order valence-electron chi connectivity index (χ2n) is 4.78. The molecule has 0 radical (unpaired) electrons. The minimum Gasteiger partial charge on any atom is -0.496 e. The summed E-state index contributed by atoms with van der Waals surface area (Å²) >= 11 is 0. The highest BCUT2D eigenvalue weighted by atomic mass is 19.1. The van der Waals surface area contributed by atoms with Gasteiger partial charge < -0.3 is 9.84 Å². The first-order valence-corrected chi connectivity index (χ1v) is 6.31. The first-order chi connectivity index (χ1) is 9.63. The Morgan fingerprint density at radius 2 is 1.85 bits per heavy atom. The third kappa shape index (κ3) is 1.76. The standard InChI is InChI=1S/C16H13FO3/c1-20-13-7-3-5-10-11(8-14(18)19)9-4-2-6-12(17)15(9)16(10)13/h2-7,11H,8H2,1H3,(H,18,19). The SMILES string of the molecule is COc1cccc2c1-c1c(F)cccc1C2CC(=O)O. The summed E-state index contributed by atoms with van der Waals surface area (Å²) in [6.45, 7) is 0. The smallest absolute Gasteiger partial charge is 0.304 e. The second kappa shape index (κ2) is 4.63. The molecule has 1 aliphatic carbocycles. The van der Waals surface area contributed by atoms with Crippen LogP contribution in [0.15, 0.2) is 36.4 Å². The van der Waals surface area contributed by atoms with E-state index in [4.69, 9.17) is 9.84 Å². The maximum absolute atomic E-state index is 14.2. The lowest BCUT2D eigenvalue weighted by molar-refractivity contribution is -0.137. The van der Waals surface area contributed by atoms with E-state index >= 15 is 0 Å². The van der Waals surface area contributed by atoms with Gasteiger partial charge in [0.05, 0.1) is 13.5 Å². The average Bonchev–Trinajstić information content (AvgIpc) is 2.74. The molecular weight excluding hydrogens is 259 g/mol. The third-order valence-corrected chi connectivity index (χ3v) is 3.70. The Labute approximate surface area is 115 Å². The monoisotopic (exact) mass is 272 g/mol. The number of hydrogen-bond donors (Lipinski definition) is 1. The predicted octanol–water partition coefficient (Wildman–Crippen LogP) is 3.42. The summed E-state index contributed by atoms with van der Waals surface area (Å²) in [7, 11) is 1.53. The molecule has 1 atom stereocenters. The van der Waals surface area contributed by atoms with Crippen LogP contribution in [0, 0.1) is 5.82 Å². The van der Waals surface area contributed by atoms with Crippen molar-refractivity contribution in [2.75, 3.05) is 7.11 Å². The molecule has 4 heteroatoms. The van der Waals surface area contributed by atoms with Gasteiger partial charge in [0, 0.05) is 17.0 Å². The van der Waals surface area contributed by atoms with Crippen molar-refractivity contribution < 1.29 is 19.0 Å². The number of methoxy groups -OCH3 is 1. The highest BCUT2D eigenvalue weighted by Gasteiger charge is 2.34. The topological polar surface area (TPSA) is 46.5 Å². The van der Waals surface area contributed by atoms with Crippen LogP contribution in [-0.2, 0) is 4.79 Å². The van der Waals surface area contributed by atoms with Crippen LogP contribution in [0.4, 0.5) is 4.39 Å². The van der Waals surface area contributed by atoms with Gasteiger partial charge >= 0.3 is 5.97 Å². The van der Waals surface area contributed by atoms with Crippen molar-refractivity contribution >= 4 is 5.97 Å². The fourth-order valence-electron chi connectivity index (χ4n) is 2.93. The summed E-state index contributed by atoms with van der Waals surface area (Å²) in [4.78, 5) is 11.1. The van der Waals surface area contributed by atoms with Gasteiger partial charge in [0.15, 0.2) is 0 Å². The Kier molecular flexibility index (Phi) is 2.93. The molecule has 20 heavy (non-hydrogen) atoms. The maximum Gasteiger partial charge on any atom is 0.304 e. The number of benzene rings is 2. The van der Waals surface area contributed by atoms with Crippen molar-refractivity contribution in [2.24, 2.45) is 0 Å². The highest BCUT2D eigenvalue weighted by molar-refractivity contribution is 5.85. The number of carboxylic acid groups (broad SMARTS) is 1. The molecule has 0 bridgehead atoms. The van der Waals surface area contributed by atoms with Crippen molar-refractivity contribution in [3.05, 3.63) is 53.3 Å². The van der Waals surface area contributed by atoms with Gasteiger partial charge in [-0.25, -0.2) is 4.39 Å². The molecule has 1 aliphatic rings. The molecule has 102 valence electrons. The number of rotatable bonds is 3. The van der Waals surface area contributed by atoms with E-state index in [1.807, 2.05) is 6.07 Å². The molecule has 2 aromatic rings. The molecule has 0 aromatic heterocycles. The molecule has 1 unspecified atom stereocenters. The molecule has 0 fully saturated rings. The Morgan fingerprint density at radius 1 is 1.20 bits per heavy atom. The maximum atomic E-state index is 14.2. The average molecular weight is 272 g/mol. The fraction of sp³-hybridized carbons (Fsp3) is 0.188. The van der Waals surface area contributed by atoms with Crippen molar-refractivity contribution in [2.45, 2.75) is 12.3 Å². The molecule has 0 saturated carbocycles. The summed E-state index contributed by atoms with van der Waals surface area (Å²) in [6, 6.07) is 10.2. The minimum absolute atomic E-state index is 0.0589. The number of carboxylic acids is 1. The molecule has 3 nitrogen and oxygen atoms in total. The first kappa shape index (κ1) is 12.7. The van der Waals surface area contributed by atoms with E-state index in [1.165, 1.54) is 13.2 Å². The molecule has 1 N–H and O–H groups in total. The lowest BCUT2D eigenvalue weighted by Crippen LogP contribution is -2.05. The van der Waals surface area contributed by atoms with Gasteiger partial charge in [-0.2, -0.15) is 0 Å². The van der Waals surface area contributed by atoms with Crippen molar-refractivity contribution in [1.29, 1.82) is 0 Å². The molecule has 3 rings (SSSR count).